The van der Waals surface area contributed by atoms with Gasteiger partial charge in [0.2, 0.25) is 5.91 Å². The van der Waals surface area contributed by atoms with Crippen molar-refractivity contribution in [3.63, 3.8) is 0 Å². The number of nitro groups is 1. The van der Waals surface area contributed by atoms with Gasteiger partial charge in [0.25, 0.3) is 5.69 Å². The summed E-state index contributed by atoms with van der Waals surface area (Å²) in [5.74, 6) is -2.05. The minimum Gasteiger partial charge on any atom is -0.481 e. The number of nitrogens with zero attached hydrogens (tertiary/aromatic N) is 1. The van der Waals surface area contributed by atoms with Gasteiger partial charge in [-0.15, -0.1) is 0 Å². The molecule has 1 atom stereocenters. The number of aliphatic carboxylic acids is 1. The Morgan fingerprint density at radius 3 is 2.60 bits per heavy atom. The summed E-state index contributed by atoms with van der Waals surface area (Å²) in [6.45, 7) is 1.73. The second-order valence-electron chi connectivity index (χ2n) is 4.31. The van der Waals surface area contributed by atoms with Crippen molar-refractivity contribution in [3.8, 4) is 0 Å². The van der Waals surface area contributed by atoms with E-state index >= 15 is 0 Å². The van der Waals surface area contributed by atoms with Crippen molar-refractivity contribution in [1.29, 1.82) is 0 Å². The lowest BCUT2D eigenvalue weighted by molar-refractivity contribution is -0.385. The molecule has 1 amide bonds. The van der Waals surface area contributed by atoms with Crippen LogP contribution in [-0.4, -0.2) is 28.5 Å². The molecule has 0 spiro atoms. The van der Waals surface area contributed by atoms with Crippen LogP contribution in [0.3, 0.4) is 0 Å². The van der Waals surface area contributed by atoms with E-state index in [0.29, 0.717) is 12.0 Å². The molecule has 0 saturated carbocycles. The van der Waals surface area contributed by atoms with Gasteiger partial charge in [0.05, 0.1) is 17.3 Å². The molecule has 1 aromatic rings. The van der Waals surface area contributed by atoms with Gasteiger partial charge in [-0.2, -0.15) is 0 Å². The number of hydrogen-bond donors (Lipinski definition) is 2. The van der Waals surface area contributed by atoms with Gasteiger partial charge in [-0.25, -0.2) is 0 Å². The maximum atomic E-state index is 11.7. The predicted octanol–water partition coefficient (Wildman–Crippen LogP) is 1.36. The van der Waals surface area contributed by atoms with E-state index in [2.05, 4.69) is 5.32 Å². The molecule has 20 heavy (non-hydrogen) atoms. The molecule has 0 fully saturated rings. The van der Waals surface area contributed by atoms with Gasteiger partial charge >= 0.3 is 5.97 Å². The standard InChI is InChI=1S/C13H16N2O5/c1-2-9(13(17)18)8-14-12(16)7-10-5-3-4-6-11(10)15(19)20/h3-6,9H,2,7-8H2,1H3,(H,14,16)(H,17,18). The van der Waals surface area contributed by atoms with Crippen molar-refractivity contribution >= 4 is 17.6 Å². The van der Waals surface area contributed by atoms with Gasteiger partial charge in [-0.1, -0.05) is 25.1 Å². The first-order valence-corrected chi connectivity index (χ1v) is 6.17. The van der Waals surface area contributed by atoms with E-state index in [4.69, 9.17) is 5.11 Å². The van der Waals surface area contributed by atoms with Crippen molar-refractivity contribution in [2.24, 2.45) is 5.92 Å². The molecule has 1 rings (SSSR count). The number of carbonyl (C=O) groups excluding carboxylic acids is 1. The van der Waals surface area contributed by atoms with Crippen LogP contribution in [0, 0.1) is 16.0 Å². The Labute approximate surface area is 115 Å². The normalized spacial score (nSPS) is 11.7. The highest BCUT2D eigenvalue weighted by molar-refractivity contribution is 5.80. The molecule has 0 radical (unpaired) electrons. The molecule has 0 aromatic heterocycles. The molecule has 7 heteroatoms. The molecule has 7 nitrogen and oxygen atoms in total. The van der Waals surface area contributed by atoms with Crippen LogP contribution in [0.2, 0.25) is 0 Å². The minimum atomic E-state index is -0.974. The fraction of sp³-hybridized carbons (Fsp3) is 0.385. The molecule has 2 N–H and O–H groups in total. The summed E-state index contributed by atoms with van der Waals surface area (Å²) in [5.41, 5.74) is 0.186. The quantitative estimate of drug-likeness (QED) is 0.579. The number of carboxylic acid groups (broad SMARTS) is 1. The number of carbonyl (C=O) groups is 2. The lowest BCUT2D eigenvalue weighted by Crippen LogP contribution is -2.33. The van der Waals surface area contributed by atoms with Crippen molar-refractivity contribution in [3.05, 3.63) is 39.9 Å². The van der Waals surface area contributed by atoms with E-state index in [0.717, 1.165) is 0 Å². The average molecular weight is 280 g/mol. The summed E-state index contributed by atoms with van der Waals surface area (Å²) >= 11 is 0. The molecule has 0 aliphatic rings. The third-order valence-electron chi connectivity index (χ3n) is 2.93. The molecule has 1 aromatic carbocycles. The highest BCUT2D eigenvalue weighted by Crippen LogP contribution is 2.17. The van der Waals surface area contributed by atoms with Crippen LogP contribution in [0.1, 0.15) is 18.9 Å². The minimum absolute atomic E-state index is 0.0191. The third kappa shape index (κ3) is 4.34. The number of carboxylic acids is 1. The second kappa shape index (κ2) is 7.22. The van der Waals surface area contributed by atoms with Crippen LogP contribution < -0.4 is 5.32 Å². The van der Waals surface area contributed by atoms with Crippen LogP contribution in [0.5, 0.6) is 0 Å². The van der Waals surface area contributed by atoms with E-state index in [1.807, 2.05) is 0 Å². The summed E-state index contributed by atoms with van der Waals surface area (Å²) in [5, 5.41) is 22.1. The Kier molecular flexibility index (Phi) is 5.64. The number of nitrogens with one attached hydrogen (secondary N) is 1. The Hall–Kier alpha value is -2.44. The van der Waals surface area contributed by atoms with Crippen molar-refractivity contribution in [1.82, 2.24) is 5.32 Å². The molecule has 0 heterocycles. The van der Waals surface area contributed by atoms with Gasteiger partial charge < -0.3 is 10.4 Å². The topological polar surface area (TPSA) is 110 Å². The summed E-state index contributed by atoms with van der Waals surface area (Å²) in [4.78, 5) is 32.8. The maximum absolute atomic E-state index is 11.7. The Bertz CT molecular complexity index is 515. The van der Waals surface area contributed by atoms with Crippen LogP contribution in [0.15, 0.2) is 24.3 Å². The number of hydrogen-bond acceptors (Lipinski definition) is 4. The number of para-hydroxylation sites is 1. The molecule has 108 valence electrons. The zero-order chi connectivity index (χ0) is 15.1. The summed E-state index contributed by atoms with van der Waals surface area (Å²) in [7, 11) is 0. The summed E-state index contributed by atoms with van der Waals surface area (Å²) < 4.78 is 0. The first-order chi connectivity index (χ1) is 9.45. The molecule has 0 bridgehead atoms. The monoisotopic (exact) mass is 280 g/mol. The highest BCUT2D eigenvalue weighted by Gasteiger charge is 2.18. The lowest BCUT2D eigenvalue weighted by Gasteiger charge is -2.11. The van der Waals surface area contributed by atoms with E-state index in [9.17, 15) is 19.7 Å². The fourth-order valence-corrected chi connectivity index (χ4v) is 1.72. The maximum Gasteiger partial charge on any atom is 0.308 e. The lowest BCUT2D eigenvalue weighted by atomic mass is 10.1. The van der Waals surface area contributed by atoms with Gasteiger partial charge in [-0.05, 0) is 6.42 Å². The molecule has 0 saturated heterocycles. The van der Waals surface area contributed by atoms with E-state index < -0.39 is 22.7 Å². The highest BCUT2D eigenvalue weighted by atomic mass is 16.6. The zero-order valence-corrected chi connectivity index (χ0v) is 11.0. The number of benzene rings is 1. The van der Waals surface area contributed by atoms with Crippen LogP contribution in [0.4, 0.5) is 5.69 Å². The number of rotatable bonds is 7. The van der Waals surface area contributed by atoms with Crippen LogP contribution in [0.25, 0.3) is 0 Å². The number of nitro benzene ring substituents is 1. The van der Waals surface area contributed by atoms with Gasteiger partial charge in [-0.3, -0.25) is 19.7 Å². The molecular formula is C13H16N2O5. The molecule has 0 aliphatic carbocycles. The Morgan fingerprint density at radius 1 is 1.40 bits per heavy atom. The molecular weight excluding hydrogens is 264 g/mol. The van der Waals surface area contributed by atoms with Crippen molar-refractivity contribution < 1.29 is 19.6 Å². The van der Waals surface area contributed by atoms with E-state index in [1.165, 1.54) is 18.2 Å². The SMILES string of the molecule is CCC(CNC(=O)Cc1ccccc1[N+](=O)[O-])C(=O)O. The van der Waals surface area contributed by atoms with Crippen LogP contribution in [-0.2, 0) is 16.0 Å². The summed E-state index contributed by atoms with van der Waals surface area (Å²) in [6, 6.07) is 5.97. The third-order valence-corrected chi connectivity index (χ3v) is 2.93. The average Bonchev–Trinajstić information content (AvgIpc) is 2.39. The first kappa shape index (κ1) is 15.6. The van der Waals surface area contributed by atoms with Gasteiger partial charge in [0, 0.05) is 18.2 Å². The zero-order valence-electron chi connectivity index (χ0n) is 11.0. The molecule has 0 aliphatic heterocycles. The summed E-state index contributed by atoms with van der Waals surface area (Å²) in [6.07, 6.45) is 0.258. The fourth-order valence-electron chi connectivity index (χ4n) is 1.72. The second-order valence-corrected chi connectivity index (χ2v) is 4.31. The molecule has 1 unspecified atom stereocenters. The van der Waals surface area contributed by atoms with E-state index in [-0.39, 0.29) is 18.7 Å². The number of amides is 1. The first-order valence-electron chi connectivity index (χ1n) is 6.17. The smallest absolute Gasteiger partial charge is 0.308 e. The van der Waals surface area contributed by atoms with Gasteiger partial charge in [0.1, 0.15) is 0 Å². The van der Waals surface area contributed by atoms with E-state index in [1.54, 1.807) is 13.0 Å². The van der Waals surface area contributed by atoms with Gasteiger partial charge in [0.15, 0.2) is 0 Å². The predicted molar refractivity (Wildman–Crippen MR) is 71.2 cm³/mol. The Balaban J connectivity index is 2.63. The Morgan fingerprint density at radius 2 is 2.05 bits per heavy atom. The van der Waals surface area contributed by atoms with Crippen molar-refractivity contribution in [2.75, 3.05) is 6.54 Å². The van der Waals surface area contributed by atoms with Crippen molar-refractivity contribution in [2.45, 2.75) is 19.8 Å². The van der Waals surface area contributed by atoms with Crippen LogP contribution >= 0.6 is 0 Å². The largest absolute Gasteiger partial charge is 0.481 e.